The average molecular weight is 307 g/mol. The normalized spacial score (nSPS) is 11.2. The largest absolute Gasteiger partial charge is 0.493 e. The number of rotatable bonds is 8. The molecular weight excluding hydrogens is 291 g/mol. The SMILES string of the molecule is Nc1cccc(OCCC(=O)OCCOCC(F)(F)F)c1. The highest BCUT2D eigenvalue weighted by molar-refractivity contribution is 5.69. The van der Waals surface area contributed by atoms with Crippen LogP contribution in [0, 0.1) is 0 Å². The molecule has 0 atom stereocenters. The highest BCUT2D eigenvalue weighted by Crippen LogP contribution is 2.15. The quantitative estimate of drug-likeness (QED) is 0.453. The number of hydrogen-bond donors (Lipinski definition) is 1. The monoisotopic (exact) mass is 307 g/mol. The smallest absolute Gasteiger partial charge is 0.411 e. The van der Waals surface area contributed by atoms with Crippen LogP contribution in [0.15, 0.2) is 24.3 Å². The summed E-state index contributed by atoms with van der Waals surface area (Å²) in [5.41, 5.74) is 6.09. The number of hydrogen-bond acceptors (Lipinski definition) is 5. The van der Waals surface area contributed by atoms with E-state index in [9.17, 15) is 18.0 Å². The average Bonchev–Trinajstić information content (AvgIpc) is 2.37. The number of benzene rings is 1. The summed E-state index contributed by atoms with van der Waals surface area (Å²) in [5.74, 6) is -0.0502. The summed E-state index contributed by atoms with van der Waals surface area (Å²) >= 11 is 0. The minimum absolute atomic E-state index is 0.0198. The van der Waals surface area contributed by atoms with Crippen molar-refractivity contribution in [3.63, 3.8) is 0 Å². The van der Waals surface area contributed by atoms with Crippen LogP contribution in [-0.4, -0.2) is 38.6 Å². The Hall–Kier alpha value is -1.96. The number of nitrogens with two attached hydrogens (primary N) is 1. The summed E-state index contributed by atoms with van der Waals surface area (Å²) in [6, 6.07) is 6.70. The standard InChI is InChI=1S/C13H16F3NO4/c14-13(15,16)9-19-6-7-21-12(18)4-5-20-11-3-1-2-10(17)8-11/h1-3,8H,4-7,9,17H2. The van der Waals surface area contributed by atoms with Gasteiger partial charge < -0.3 is 19.9 Å². The molecule has 0 fully saturated rings. The third-order valence-electron chi connectivity index (χ3n) is 2.19. The van der Waals surface area contributed by atoms with Crippen molar-refractivity contribution in [2.75, 3.05) is 32.2 Å². The van der Waals surface area contributed by atoms with Gasteiger partial charge in [-0.05, 0) is 12.1 Å². The van der Waals surface area contributed by atoms with E-state index in [1.807, 2.05) is 0 Å². The molecule has 8 heteroatoms. The second-order valence-electron chi connectivity index (χ2n) is 4.06. The molecule has 1 aromatic rings. The van der Waals surface area contributed by atoms with Gasteiger partial charge in [-0.15, -0.1) is 0 Å². The molecule has 0 bridgehead atoms. The van der Waals surface area contributed by atoms with Crippen LogP contribution in [0.5, 0.6) is 5.75 Å². The number of alkyl halides is 3. The molecule has 21 heavy (non-hydrogen) atoms. The fourth-order valence-electron chi connectivity index (χ4n) is 1.33. The first-order valence-electron chi connectivity index (χ1n) is 6.15. The lowest BCUT2D eigenvalue weighted by Gasteiger charge is -2.09. The predicted octanol–water partition coefficient (Wildman–Crippen LogP) is 2.16. The molecule has 0 aliphatic heterocycles. The van der Waals surface area contributed by atoms with Gasteiger partial charge in [-0.1, -0.05) is 6.07 Å². The molecule has 0 saturated carbocycles. The van der Waals surface area contributed by atoms with E-state index in [0.29, 0.717) is 11.4 Å². The predicted molar refractivity (Wildman–Crippen MR) is 68.8 cm³/mol. The number of halogens is 3. The van der Waals surface area contributed by atoms with E-state index in [4.69, 9.17) is 10.5 Å². The highest BCUT2D eigenvalue weighted by Gasteiger charge is 2.27. The molecule has 0 aromatic heterocycles. The number of esters is 1. The molecule has 5 nitrogen and oxygen atoms in total. The van der Waals surface area contributed by atoms with Gasteiger partial charge in [0.15, 0.2) is 0 Å². The van der Waals surface area contributed by atoms with Gasteiger partial charge in [0.1, 0.15) is 19.0 Å². The second-order valence-corrected chi connectivity index (χ2v) is 4.06. The van der Waals surface area contributed by atoms with E-state index in [-0.39, 0.29) is 26.2 Å². The van der Waals surface area contributed by atoms with Gasteiger partial charge in [-0.3, -0.25) is 4.79 Å². The summed E-state index contributed by atoms with van der Waals surface area (Å²) in [4.78, 5) is 11.3. The van der Waals surface area contributed by atoms with Crippen LogP contribution in [0.2, 0.25) is 0 Å². The molecule has 0 unspecified atom stereocenters. The summed E-state index contributed by atoms with van der Waals surface area (Å²) < 4.78 is 49.5. The molecule has 0 amide bonds. The van der Waals surface area contributed by atoms with E-state index in [1.54, 1.807) is 24.3 Å². The third kappa shape index (κ3) is 8.74. The lowest BCUT2D eigenvalue weighted by Crippen LogP contribution is -2.20. The minimum atomic E-state index is -4.38. The van der Waals surface area contributed by atoms with Crippen LogP contribution in [0.1, 0.15) is 6.42 Å². The molecule has 0 spiro atoms. The number of ether oxygens (including phenoxy) is 3. The number of carbonyl (C=O) groups excluding carboxylic acids is 1. The Morgan fingerprint density at radius 2 is 1.95 bits per heavy atom. The Kier molecular flexibility index (Phi) is 6.80. The first-order valence-corrected chi connectivity index (χ1v) is 6.15. The van der Waals surface area contributed by atoms with Crippen molar-refractivity contribution in [3.8, 4) is 5.75 Å². The summed E-state index contributed by atoms with van der Waals surface area (Å²) in [5, 5.41) is 0. The topological polar surface area (TPSA) is 70.8 Å². The molecule has 0 heterocycles. The van der Waals surface area contributed by atoms with Crippen LogP contribution < -0.4 is 10.5 Å². The zero-order valence-corrected chi connectivity index (χ0v) is 11.2. The van der Waals surface area contributed by atoms with Crippen molar-refractivity contribution >= 4 is 11.7 Å². The minimum Gasteiger partial charge on any atom is -0.493 e. The van der Waals surface area contributed by atoms with Crippen molar-refractivity contribution in [1.29, 1.82) is 0 Å². The molecule has 118 valence electrons. The van der Waals surface area contributed by atoms with E-state index in [0.717, 1.165) is 0 Å². The highest BCUT2D eigenvalue weighted by atomic mass is 19.4. The maximum absolute atomic E-state index is 11.7. The van der Waals surface area contributed by atoms with E-state index in [2.05, 4.69) is 9.47 Å². The molecule has 0 saturated heterocycles. The van der Waals surface area contributed by atoms with Crippen LogP contribution in [-0.2, 0) is 14.3 Å². The summed E-state index contributed by atoms with van der Waals surface area (Å²) in [6.07, 6.45) is -4.40. The molecule has 1 aromatic carbocycles. The van der Waals surface area contributed by atoms with E-state index >= 15 is 0 Å². The van der Waals surface area contributed by atoms with Gasteiger partial charge in [0.05, 0.1) is 19.6 Å². The molecule has 0 aliphatic carbocycles. The number of carbonyl (C=O) groups is 1. The Morgan fingerprint density at radius 1 is 1.19 bits per heavy atom. The van der Waals surface area contributed by atoms with Gasteiger partial charge in [0, 0.05) is 11.8 Å². The van der Waals surface area contributed by atoms with Gasteiger partial charge in [0.25, 0.3) is 0 Å². The molecule has 1 rings (SSSR count). The molecular formula is C13H16F3NO4. The Labute approximate surface area is 119 Å². The lowest BCUT2D eigenvalue weighted by atomic mass is 10.3. The van der Waals surface area contributed by atoms with Crippen molar-refractivity contribution in [3.05, 3.63) is 24.3 Å². The fraction of sp³-hybridized carbons (Fsp3) is 0.462. The molecule has 0 radical (unpaired) electrons. The second kappa shape index (κ2) is 8.35. The van der Waals surface area contributed by atoms with Gasteiger partial charge >= 0.3 is 12.1 Å². The van der Waals surface area contributed by atoms with Crippen molar-refractivity contribution in [2.24, 2.45) is 0 Å². The van der Waals surface area contributed by atoms with Gasteiger partial charge in [0.2, 0.25) is 0 Å². The number of nitrogen functional groups attached to an aromatic ring is 1. The molecule has 2 N–H and O–H groups in total. The maximum atomic E-state index is 11.7. The van der Waals surface area contributed by atoms with E-state index < -0.39 is 18.8 Å². The lowest BCUT2D eigenvalue weighted by molar-refractivity contribution is -0.177. The van der Waals surface area contributed by atoms with Crippen molar-refractivity contribution in [1.82, 2.24) is 0 Å². The zero-order chi connectivity index (χ0) is 15.7. The zero-order valence-electron chi connectivity index (χ0n) is 11.2. The summed E-state index contributed by atoms with van der Waals surface area (Å²) in [6.45, 7) is -1.80. The van der Waals surface area contributed by atoms with Gasteiger partial charge in [-0.25, -0.2) is 0 Å². The van der Waals surface area contributed by atoms with Crippen LogP contribution in [0.3, 0.4) is 0 Å². The number of anilines is 1. The van der Waals surface area contributed by atoms with Crippen molar-refractivity contribution < 1.29 is 32.2 Å². The third-order valence-corrected chi connectivity index (χ3v) is 2.19. The van der Waals surface area contributed by atoms with Crippen molar-refractivity contribution in [2.45, 2.75) is 12.6 Å². The van der Waals surface area contributed by atoms with Gasteiger partial charge in [-0.2, -0.15) is 13.2 Å². The molecule has 0 aliphatic rings. The van der Waals surface area contributed by atoms with Crippen LogP contribution in [0.25, 0.3) is 0 Å². The Morgan fingerprint density at radius 3 is 2.62 bits per heavy atom. The Balaban J connectivity index is 2.06. The first-order chi connectivity index (χ1) is 9.87. The Bertz CT molecular complexity index is 451. The summed E-state index contributed by atoms with van der Waals surface area (Å²) in [7, 11) is 0. The maximum Gasteiger partial charge on any atom is 0.411 e. The van der Waals surface area contributed by atoms with Crippen LogP contribution in [0.4, 0.5) is 18.9 Å². The van der Waals surface area contributed by atoms with E-state index in [1.165, 1.54) is 0 Å². The van der Waals surface area contributed by atoms with Crippen LogP contribution >= 0.6 is 0 Å². The fourth-order valence-corrected chi connectivity index (χ4v) is 1.33. The first kappa shape index (κ1) is 17.1.